The molecular weight excluding hydrogens is 300 g/mol. The molecule has 0 heterocycles. The molecule has 0 aliphatic heterocycles. The second-order valence-corrected chi connectivity index (χ2v) is 7.79. The van der Waals surface area contributed by atoms with Gasteiger partial charge >= 0.3 is 5.97 Å². The van der Waals surface area contributed by atoms with Crippen LogP contribution in [0.2, 0.25) is 0 Å². The van der Waals surface area contributed by atoms with Crippen molar-refractivity contribution >= 4 is 5.97 Å². The van der Waals surface area contributed by atoms with Crippen LogP contribution in [0, 0.1) is 35.5 Å². The average Bonchev–Trinajstić information content (AvgIpc) is 2.53. The summed E-state index contributed by atoms with van der Waals surface area (Å²) in [6, 6.07) is 0. The van der Waals surface area contributed by atoms with Gasteiger partial charge in [0.15, 0.2) is 0 Å². The monoisotopic (exact) mass is 332 g/mol. The van der Waals surface area contributed by atoms with Gasteiger partial charge in [-0.1, -0.05) is 43.7 Å². The van der Waals surface area contributed by atoms with Crippen LogP contribution in [0.15, 0.2) is 36.0 Å². The fourth-order valence-corrected chi connectivity index (χ4v) is 5.22. The molecule has 134 valence electrons. The molecule has 2 saturated carbocycles. The molecule has 3 nitrogen and oxygen atoms in total. The molecule has 2 rings (SSSR count). The van der Waals surface area contributed by atoms with Crippen molar-refractivity contribution in [2.45, 2.75) is 53.1 Å². The Morgan fingerprint density at radius 3 is 2.46 bits per heavy atom. The first kappa shape index (κ1) is 19.0. The van der Waals surface area contributed by atoms with Crippen LogP contribution in [0.25, 0.3) is 0 Å². The van der Waals surface area contributed by atoms with E-state index in [1.165, 1.54) is 11.6 Å². The van der Waals surface area contributed by atoms with Crippen molar-refractivity contribution in [2.75, 3.05) is 0 Å². The highest BCUT2D eigenvalue weighted by Gasteiger charge is 2.48. The average molecular weight is 332 g/mol. The van der Waals surface area contributed by atoms with Gasteiger partial charge in [0.05, 0.1) is 6.10 Å². The third-order valence-corrected chi connectivity index (χ3v) is 6.34. The minimum Gasteiger partial charge on any atom is -0.478 e. The number of rotatable bonds is 4. The molecule has 2 fully saturated rings. The van der Waals surface area contributed by atoms with Crippen LogP contribution in [0.4, 0.5) is 0 Å². The number of allylic oxidation sites excluding steroid dienone is 5. The van der Waals surface area contributed by atoms with Gasteiger partial charge < -0.3 is 10.2 Å². The Bertz CT molecular complexity index is 531. The smallest absolute Gasteiger partial charge is 0.328 e. The quantitative estimate of drug-likeness (QED) is 0.454. The zero-order valence-electron chi connectivity index (χ0n) is 15.4. The predicted molar refractivity (Wildman–Crippen MR) is 97.5 cm³/mol. The van der Waals surface area contributed by atoms with E-state index in [4.69, 9.17) is 5.11 Å². The zero-order valence-corrected chi connectivity index (χ0v) is 15.4. The summed E-state index contributed by atoms with van der Waals surface area (Å²) < 4.78 is 0. The largest absolute Gasteiger partial charge is 0.478 e. The molecule has 24 heavy (non-hydrogen) atoms. The summed E-state index contributed by atoms with van der Waals surface area (Å²) in [7, 11) is 0. The Morgan fingerprint density at radius 2 is 1.83 bits per heavy atom. The first-order valence-corrected chi connectivity index (χ1v) is 9.25. The molecule has 0 radical (unpaired) electrons. The van der Waals surface area contributed by atoms with Crippen LogP contribution in [0.5, 0.6) is 0 Å². The first-order valence-electron chi connectivity index (χ1n) is 9.25. The maximum atomic E-state index is 10.7. The number of hydrogen-bond donors (Lipinski definition) is 2. The molecule has 0 bridgehead atoms. The molecule has 0 spiro atoms. The minimum atomic E-state index is -0.919. The SMILES string of the molecule is C/C=C(\C)[C@H]1[C@@H](/C=C/C=C/C(=O)O)[C@H]2[C@@H](C[C@H]1C)[C@@H](O)CC[C@@H]2C. The van der Waals surface area contributed by atoms with Gasteiger partial charge in [0.2, 0.25) is 0 Å². The molecule has 0 amide bonds. The van der Waals surface area contributed by atoms with Gasteiger partial charge in [-0.05, 0) is 68.6 Å². The molecule has 3 heteroatoms. The van der Waals surface area contributed by atoms with Crippen molar-refractivity contribution in [3.63, 3.8) is 0 Å². The van der Waals surface area contributed by atoms with Crippen LogP contribution in [-0.4, -0.2) is 22.3 Å². The molecule has 2 N–H and O–H groups in total. The second-order valence-electron chi connectivity index (χ2n) is 7.79. The summed E-state index contributed by atoms with van der Waals surface area (Å²) in [6.45, 7) is 8.92. The number of carboxylic acids is 1. The predicted octanol–water partition coefficient (Wildman–Crippen LogP) is 4.45. The van der Waals surface area contributed by atoms with Gasteiger partial charge in [-0.2, -0.15) is 0 Å². The van der Waals surface area contributed by atoms with Gasteiger partial charge in [-0.3, -0.25) is 0 Å². The molecule has 2 aliphatic carbocycles. The zero-order chi connectivity index (χ0) is 17.9. The lowest BCUT2D eigenvalue weighted by Gasteiger charge is -2.52. The van der Waals surface area contributed by atoms with Crippen molar-refractivity contribution in [3.05, 3.63) is 36.0 Å². The minimum absolute atomic E-state index is 0.189. The molecule has 2 aliphatic rings. The normalized spacial score (nSPS) is 40.9. The highest BCUT2D eigenvalue weighted by molar-refractivity contribution is 5.80. The summed E-state index contributed by atoms with van der Waals surface area (Å²) >= 11 is 0. The number of aliphatic carboxylic acids is 1. The summed E-state index contributed by atoms with van der Waals surface area (Å²) in [4.78, 5) is 10.7. The fraction of sp³-hybridized carbons (Fsp3) is 0.667. The van der Waals surface area contributed by atoms with E-state index in [-0.39, 0.29) is 6.10 Å². The van der Waals surface area contributed by atoms with Crippen molar-refractivity contribution in [3.8, 4) is 0 Å². The van der Waals surface area contributed by atoms with Gasteiger partial charge in [-0.15, -0.1) is 0 Å². The molecular formula is C21H32O3. The molecule has 0 aromatic heterocycles. The number of hydrogen-bond acceptors (Lipinski definition) is 2. The second kappa shape index (κ2) is 8.15. The van der Waals surface area contributed by atoms with Crippen LogP contribution in [-0.2, 0) is 4.79 Å². The maximum absolute atomic E-state index is 10.7. The van der Waals surface area contributed by atoms with Crippen LogP contribution >= 0.6 is 0 Å². The lowest BCUT2D eigenvalue weighted by Crippen LogP contribution is -2.48. The van der Waals surface area contributed by atoms with E-state index in [0.717, 1.165) is 19.3 Å². The third-order valence-electron chi connectivity index (χ3n) is 6.34. The lowest BCUT2D eigenvalue weighted by molar-refractivity contribution is -0.131. The van der Waals surface area contributed by atoms with Crippen molar-refractivity contribution in [2.24, 2.45) is 35.5 Å². The van der Waals surface area contributed by atoms with E-state index in [0.29, 0.717) is 35.5 Å². The summed E-state index contributed by atoms with van der Waals surface area (Å²) in [5, 5.41) is 19.3. The van der Waals surface area contributed by atoms with Gasteiger partial charge in [0.25, 0.3) is 0 Å². The number of aliphatic hydroxyl groups excluding tert-OH is 1. The highest BCUT2D eigenvalue weighted by atomic mass is 16.4. The van der Waals surface area contributed by atoms with E-state index in [1.54, 1.807) is 6.08 Å². The number of fused-ring (bicyclic) bond motifs is 1. The van der Waals surface area contributed by atoms with Crippen LogP contribution < -0.4 is 0 Å². The van der Waals surface area contributed by atoms with E-state index in [1.807, 2.05) is 6.08 Å². The molecule has 0 unspecified atom stereocenters. The van der Waals surface area contributed by atoms with Crippen LogP contribution in [0.1, 0.15) is 47.0 Å². The highest BCUT2D eigenvalue weighted by Crippen LogP contribution is 2.53. The van der Waals surface area contributed by atoms with E-state index >= 15 is 0 Å². The third kappa shape index (κ3) is 4.00. The van der Waals surface area contributed by atoms with Gasteiger partial charge in [0, 0.05) is 6.08 Å². The van der Waals surface area contributed by atoms with Gasteiger partial charge in [-0.25, -0.2) is 4.79 Å². The first-order chi connectivity index (χ1) is 11.4. The molecule has 7 atom stereocenters. The van der Waals surface area contributed by atoms with Crippen LogP contribution in [0.3, 0.4) is 0 Å². The number of carbonyl (C=O) groups is 1. The van der Waals surface area contributed by atoms with Crippen molar-refractivity contribution in [1.82, 2.24) is 0 Å². The maximum Gasteiger partial charge on any atom is 0.328 e. The molecule has 0 aromatic carbocycles. The van der Waals surface area contributed by atoms with E-state index in [9.17, 15) is 9.90 Å². The number of carboxylic acid groups (broad SMARTS) is 1. The topological polar surface area (TPSA) is 57.5 Å². The van der Waals surface area contributed by atoms with E-state index in [2.05, 4.69) is 39.8 Å². The number of aliphatic hydroxyl groups is 1. The molecule has 0 aromatic rings. The summed E-state index contributed by atoms with van der Waals surface area (Å²) in [5.74, 6) is 1.87. The summed E-state index contributed by atoms with van der Waals surface area (Å²) in [6.07, 6.45) is 12.0. The summed E-state index contributed by atoms with van der Waals surface area (Å²) in [5.41, 5.74) is 1.41. The Labute approximate surface area is 146 Å². The van der Waals surface area contributed by atoms with Gasteiger partial charge in [0.1, 0.15) is 0 Å². The standard InChI is InChI=1S/C21H32O3/c1-5-13(2)20-15(4)12-17-18(22)11-10-14(3)21(17)16(20)8-6-7-9-19(23)24/h5-9,14-18,20-22H,10-12H2,1-4H3,(H,23,24)/b8-6+,9-7+,13-5+/t14-,15+,16+,17-,18-,20+,21-/m0/s1. The van der Waals surface area contributed by atoms with Crippen molar-refractivity contribution in [1.29, 1.82) is 0 Å². The Hall–Kier alpha value is -1.35. The molecule has 0 saturated heterocycles. The Morgan fingerprint density at radius 1 is 1.12 bits per heavy atom. The van der Waals surface area contributed by atoms with Crippen molar-refractivity contribution < 1.29 is 15.0 Å². The fourth-order valence-electron chi connectivity index (χ4n) is 5.22. The van der Waals surface area contributed by atoms with E-state index < -0.39 is 5.97 Å². The Kier molecular flexibility index (Phi) is 6.45. The lowest BCUT2D eigenvalue weighted by atomic mass is 9.53. The Balaban J connectivity index is 2.36.